The molecule has 32 heavy (non-hydrogen) atoms. The van der Waals surface area contributed by atoms with Crippen LogP contribution in [0.4, 0.5) is 0 Å². The number of nitriles is 1. The molecule has 0 unspecified atom stereocenters. The van der Waals surface area contributed by atoms with Gasteiger partial charge in [0.25, 0.3) is 0 Å². The zero-order chi connectivity index (χ0) is 21.4. The highest BCUT2D eigenvalue weighted by Crippen LogP contribution is 2.38. The van der Waals surface area contributed by atoms with Gasteiger partial charge in [0, 0.05) is 10.9 Å². The molecule has 0 fully saturated rings. The van der Waals surface area contributed by atoms with Crippen LogP contribution in [0.1, 0.15) is 16.8 Å². The standard InChI is InChI=1S/C26H14N4O2/c27-13-15-11-14-9-10-19-17(24(14)30-21-7-3-2-6-20(21)29-25(15)30)12-18-23(28-19)16-5-1-4-8-22(16)32-26(18)31/h1-8,11-12H,9-10H2. The number of imidazole rings is 1. The molecule has 0 saturated heterocycles. The first kappa shape index (κ1) is 17.2. The molecule has 0 spiro atoms. The van der Waals surface area contributed by atoms with E-state index >= 15 is 0 Å². The van der Waals surface area contributed by atoms with E-state index in [1.54, 1.807) is 6.07 Å². The van der Waals surface area contributed by atoms with E-state index in [2.05, 4.69) is 6.07 Å². The van der Waals surface area contributed by atoms with Gasteiger partial charge in [-0.3, -0.25) is 9.38 Å². The monoisotopic (exact) mass is 414 g/mol. The molecule has 0 N–H and O–H groups in total. The zero-order valence-corrected chi connectivity index (χ0v) is 16.8. The first-order valence-corrected chi connectivity index (χ1v) is 10.4. The highest BCUT2D eigenvalue weighted by atomic mass is 16.4. The van der Waals surface area contributed by atoms with Crippen molar-refractivity contribution in [2.24, 2.45) is 0 Å². The minimum absolute atomic E-state index is 0.401. The second-order valence-electron chi connectivity index (χ2n) is 8.07. The smallest absolute Gasteiger partial charge is 0.345 e. The van der Waals surface area contributed by atoms with E-state index in [1.807, 2.05) is 59.0 Å². The fourth-order valence-corrected chi connectivity index (χ4v) is 4.92. The van der Waals surface area contributed by atoms with E-state index in [0.717, 1.165) is 51.8 Å². The Bertz CT molecular complexity index is 1870. The first-order chi connectivity index (χ1) is 15.7. The Kier molecular flexibility index (Phi) is 3.24. The Morgan fingerprint density at radius 3 is 2.72 bits per heavy atom. The molecule has 0 bridgehead atoms. The van der Waals surface area contributed by atoms with Crippen LogP contribution in [0.2, 0.25) is 0 Å². The number of pyridine rings is 2. The molecule has 0 aliphatic heterocycles. The van der Waals surface area contributed by atoms with Gasteiger partial charge in [-0.05, 0) is 54.8 Å². The molecule has 150 valence electrons. The number of hydrogen-bond acceptors (Lipinski definition) is 5. The summed E-state index contributed by atoms with van der Waals surface area (Å²) < 4.78 is 7.61. The third kappa shape index (κ3) is 2.14. The maximum absolute atomic E-state index is 12.8. The van der Waals surface area contributed by atoms with E-state index < -0.39 is 5.63 Å². The highest BCUT2D eigenvalue weighted by molar-refractivity contribution is 6.03. The predicted molar refractivity (Wildman–Crippen MR) is 122 cm³/mol. The van der Waals surface area contributed by atoms with E-state index in [-0.39, 0.29) is 0 Å². The molecule has 7 rings (SSSR count). The number of rotatable bonds is 0. The third-order valence-electron chi connectivity index (χ3n) is 6.32. The van der Waals surface area contributed by atoms with Gasteiger partial charge in [-0.25, -0.2) is 9.78 Å². The van der Waals surface area contributed by atoms with Gasteiger partial charge in [0.1, 0.15) is 11.7 Å². The fourth-order valence-electron chi connectivity index (χ4n) is 4.92. The normalized spacial score (nSPS) is 12.8. The summed E-state index contributed by atoms with van der Waals surface area (Å²) in [5.41, 5.74) is 7.53. The van der Waals surface area contributed by atoms with Crippen molar-refractivity contribution in [2.75, 3.05) is 0 Å². The van der Waals surface area contributed by atoms with Crippen molar-refractivity contribution in [3.63, 3.8) is 0 Å². The number of nitrogens with zero attached hydrogens (tertiary/aromatic N) is 4. The summed E-state index contributed by atoms with van der Waals surface area (Å²) in [7, 11) is 0. The number of aryl methyl sites for hydroxylation is 2. The molecule has 0 amide bonds. The lowest BCUT2D eigenvalue weighted by Crippen LogP contribution is -2.13. The van der Waals surface area contributed by atoms with Crippen LogP contribution in [0.3, 0.4) is 0 Å². The van der Waals surface area contributed by atoms with Crippen LogP contribution >= 0.6 is 0 Å². The minimum atomic E-state index is -0.401. The van der Waals surface area contributed by atoms with Gasteiger partial charge in [-0.1, -0.05) is 24.3 Å². The summed E-state index contributed by atoms with van der Waals surface area (Å²) in [5, 5.41) is 11.0. The molecule has 1 aliphatic carbocycles. The van der Waals surface area contributed by atoms with Gasteiger partial charge in [0.05, 0.1) is 38.9 Å². The second kappa shape index (κ2) is 6.02. The molecule has 6 aromatic rings. The van der Waals surface area contributed by atoms with Crippen molar-refractivity contribution in [3.05, 3.63) is 87.9 Å². The van der Waals surface area contributed by atoms with Crippen molar-refractivity contribution in [3.8, 4) is 17.3 Å². The molecule has 6 heteroatoms. The zero-order valence-electron chi connectivity index (χ0n) is 16.8. The molecule has 0 saturated carbocycles. The van der Waals surface area contributed by atoms with Gasteiger partial charge in [0.2, 0.25) is 0 Å². The molecular formula is C26H14N4O2. The highest BCUT2D eigenvalue weighted by Gasteiger charge is 2.25. The van der Waals surface area contributed by atoms with Gasteiger partial charge < -0.3 is 4.42 Å². The van der Waals surface area contributed by atoms with Crippen LogP contribution < -0.4 is 5.63 Å². The summed E-state index contributed by atoms with van der Waals surface area (Å²) in [6, 6.07) is 21.4. The Morgan fingerprint density at radius 1 is 0.969 bits per heavy atom. The Balaban J connectivity index is 1.67. The largest absolute Gasteiger partial charge is 0.422 e. The molecule has 4 aromatic heterocycles. The quantitative estimate of drug-likeness (QED) is 0.264. The Labute approximate surface area is 181 Å². The minimum Gasteiger partial charge on any atom is -0.422 e. The summed E-state index contributed by atoms with van der Waals surface area (Å²) >= 11 is 0. The average Bonchev–Trinajstić information content (AvgIpc) is 3.22. The number of benzene rings is 2. The second-order valence-corrected chi connectivity index (χ2v) is 8.07. The maximum atomic E-state index is 12.8. The van der Waals surface area contributed by atoms with E-state index in [9.17, 15) is 10.1 Å². The Morgan fingerprint density at radius 2 is 1.81 bits per heavy atom. The number of fused-ring (bicyclic) bond motifs is 10. The van der Waals surface area contributed by atoms with E-state index in [1.165, 1.54) is 0 Å². The summed E-state index contributed by atoms with van der Waals surface area (Å²) in [6.07, 6.45) is 1.49. The van der Waals surface area contributed by atoms with Crippen LogP contribution in [0, 0.1) is 11.3 Å². The molecule has 6 nitrogen and oxygen atoms in total. The van der Waals surface area contributed by atoms with E-state index in [0.29, 0.717) is 27.7 Å². The number of para-hydroxylation sites is 3. The topological polar surface area (TPSA) is 84.2 Å². The summed E-state index contributed by atoms with van der Waals surface area (Å²) in [6.45, 7) is 0. The third-order valence-corrected chi connectivity index (χ3v) is 6.32. The van der Waals surface area contributed by atoms with Crippen LogP contribution in [-0.4, -0.2) is 14.4 Å². The van der Waals surface area contributed by atoms with Crippen LogP contribution in [-0.2, 0) is 12.8 Å². The molecular weight excluding hydrogens is 400 g/mol. The maximum Gasteiger partial charge on any atom is 0.345 e. The van der Waals surface area contributed by atoms with Crippen molar-refractivity contribution in [2.45, 2.75) is 12.8 Å². The van der Waals surface area contributed by atoms with Crippen LogP contribution in [0.15, 0.2) is 69.9 Å². The van der Waals surface area contributed by atoms with E-state index in [4.69, 9.17) is 14.4 Å². The van der Waals surface area contributed by atoms with Gasteiger partial charge in [-0.15, -0.1) is 0 Å². The van der Waals surface area contributed by atoms with Gasteiger partial charge in [0.15, 0.2) is 5.65 Å². The lowest BCUT2D eigenvalue weighted by Gasteiger charge is -2.22. The SMILES string of the molecule is N#Cc1cc2c(n3c1nc1ccccc13)-c1cc3c(=O)oc4ccccc4c3nc1CC2. The molecule has 4 heterocycles. The Hall–Kier alpha value is -4.50. The molecule has 0 radical (unpaired) electrons. The van der Waals surface area contributed by atoms with Crippen LogP contribution in [0.5, 0.6) is 0 Å². The summed E-state index contributed by atoms with van der Waals surface area (Å²) in [4.78, 5) is 22.5. The predicted octanol–water partition coefficient (Wildman–Crippen LogP) is 4.78. The van der Waals surface area contributed by atoms with Gasteiger partial charge >= 0.3 is 5.63 Å². The van der Waals surface area contributed by atoms with Crippen molar-refractivity contribution in [1.29, 1.82) is 5.26 Å². The number of hydrogen-bond donors (Lipinski definition) is 0. The first-order valence-electron chi connectivity index (χ1n) is 10.4. The fraction of sp³-hybridized carbons (Fsp3) is 0.0769. The van der Waals surface area contributed by atoms with Crippen molar-refractivity contribution >= 4 is 38.6 Å². The van der Waals surface area contributed by atoms with Gasteiger partial charge in [-0.2, -0.15) is 5.26 Å². The molecule has 1 aliphatic rings. The summed E-state index contributed by atoms with van der Waals surface area (Å²) in [5.74, 6) is 0. The van der Waals surface area contributed by atoms with Crippen molar-refractivity contribution in [1.82, 2.24) is 14.4 Å². The lowest BCUT2D eigenvalue weighted by atomic mass is 9.90. The number of aromatic nitrogens is 3. The lowest BCUT2D eigenvalue weighted by molar-refractivity contribution is 0.569. The van der Waals surface area contributed by atoms with Crippen LogP contribution in [0.25, 0.3) is 49.8 Å². The molecule has 0 atom stereocenters. The molecule has 2 aromatic carbocycles. The van der Waals surface area contributed by atoms with Crippen molar-refractivity contribution < 1.29 is 4.42 Å². The average molecular weight is 414 g/mol.